The number of carbonyl (C=O) groups is 2. The number of ether oxygens (including phenoxy) is 1. The van der Waals surface area contributed by atoms with E-state index in [0.29, 0.717) is 19.3 Å². The van der Waals surface area contributed by atoms with E-state index in [1.54, 1.807) is 9.80 Å². The van der Waals surface area contributed by atoms with Crippen LogP contribution in [0.3, 0.4) is 0 Å². The van der Waals surface area contributed by atoms with E-state index in [-0.39, 0.29) is 24.6 Å². The fourth-order valence-electron chi connectivity index (χ4n) is 2.70. The predicted molar refractivity (Wildman–Crippen MR) is 86.1 cm³/mol. The van der Waals surface area contributed by atoms with Crippen molar-refractivity contribution in [2.75, 3.05) is 19.8 Å². The first-order chi connectivity index (χ1) is 11.0. The normalized spacial score (nSPS) is 19.0. The molecule has 1 atom stereocenters. The molecule has 0 aromatic heterocycles. The van der Waals surface area contributed by atoms with E-state index in [2.05, 4.69) is 5.32 Å². The van der Waals surface area contributed by atoms with E-state index in [1.807, 2.05) is 38.1 Å². The molecule has 23 heavy (non-hydrogen) atoms. The number of aryl methyl sites for hydroxylation is 1. The standard InChI is InChI=1S/C17H23N3O3/c1-12-5-3-4-6-15(12)23-13(2)9-18-17(22)19-10-16(21)20(11-19)14-7-8-14/h3-6,13-14H,7-11H2,1-2H3,(H,18,22)/t13-/m0/s1. The third kappa shape index (κ3) is 3.75. The number of rotatable bonds is 5. The quantitative estimate of drug-likeness (QED) is 0.900. The van der Waals surface area contributed by atoms with Gasteiger partial charge in [-0.05, 0) is 38.3 Å². The third-order valence-electron chi connectivity index (χ3n) is 4.21. The van der Waals surface area contributed by atoms with Gasteiger partial charge in [0.05, 0.1) is 13.2 Å². The van der Waals surface area contributed by atoms with E-state index in [1.165, 1.54) is 0 Å². The summed E-state index contributed by atoms with van der Waals surface area (Å²) in [4.78, 5) is 27.4. The van der Waals surface area contributed by atoms with Gasteiger partial charge in [-0.25, -0.2) is 4.79 Å². The molecule has 1 saturated carbocycles. The zero-order valence-corrected chi connectivity index (χ0v) is 13.6. The zero-order valence-electron chi connectivity index (χ0n) is 13.6. The van der Waals surface area contributed by atoms with Gasteiger partial charge >= 0.3 is 6.03 Å². The van der Waals surface area contributed by atoms with Crippen LogP contribution < -0.4 is 10.1 Å². The third-order valence-corrected chi connectivity index (χ3v) is 4.21. The van der Waals surface area contributed by atoms with E-state index < -0.39 is 0 Å². The molecule has 2 aliphatic rings. The molecular formula is C17H23N3O3. The first-order valence-corrected chi connectivity index (χ1v) is 8.09. The first kappa shape index (κ1) is 15.6. The highest BCUT2D eigenvalue weighted by Gasteiger charge is 2.39. The van der Waals surface area contributed by atoms with E-state index in [4.69, 9.17) is 4.74 Å². The van der Waals surface area contributed by atoms with Crippen molar-refractivity contribution in [3.05, 3.63) is 29.8 Å². The number of nitrogens with zero attached hydrogens (tertiary/aromatic N) is 2. The van der Waals surface area contributed by atoms with Crippen LogP contribution in [0.5, 0.6) is 5.75 Å². The van der Waals surface area contributed by atoms with Gasteiger partial charge in [-0.1, -0.05) is 18.2 Å². The van der Waals surface area contributed by atoms with Crippen molar-refractivity contribution < 1.29 is 14.3 Å². The predicted octanol–water partition coefficient (Wildman–Crippen LogP) is 1.74. The molecule has 0 unspecified atom stereocenters. The zero-order chi connectivity index (χ0) is 16.4. The highest BCUT2D eigenvalue weighted by atomic mass is 16.5. The van der Waals surface area contributed by atoms with Gasteiger partial charge in [-0.15, -0.1) is 0 Å². The molecule has 6 heteroatoms. The average Bonchev–Trinajstić information content (AvgIpc) is 3.29. The SMILES string of the molecule is Cc1ccccc1O[C@@H](C)CNC(=O)N1CC(=O)N(C2CC2)C1. The van der Waals surface area contributed by atoms with Crippen molar-refractivity contribution in [3.8, 4) is 5.75 Å². The Balaban J connectivity index is 1.45. The van der Waals surface area contributed by atoms with Crippen molar-refractivity contribution in [2.24, 2.45) is 0 Å². The summed E-state index contributed by atoms with van der Waals surface area (Å²) >= 11 is 0. The maximum atomic E-state index is 12.2. The highest BCUT2D eigenvalue weighted by molar-refractivity contribution is 5.87. The largest absolute Gasteiger partial charge is 0.489 e. The lowest BCUT2D eigenvalue weighted by Gasteiger charge is -2.20. The summed E-state index contributed by atoms with van der Waals surface area (Å²) in [5.41, 5.74) is 1.07. The summed E-state index contributed by atoms with van der Waals surface area (Å²) in [5, 5.41) is 2.85. The molecule has 3 amide bonds. The molecule has 6 nitrogen and oxygen atoms in total. The second-order valence-corrected chi connectivity index (χ2v) is 6.31. The molecule has 0 radical (unpaired) electrons. The Morgan fingerprint density at radius 2 is 2.13 bits per heavy atom. The fraction of sp³-hybridized carbons (Fsp3) is 0.529. The van der Waals surface area contributed by atoms with Gasteiger partial charge in [-0.2, -0.15) is 0 Å². The molecule has 1 heterocycles. The number of benzene rings is 1. The van der Waals surface area contributed by atoms with Crippen LogP contribution in [0.1, 0.15) is 25.3 Å². The average molecular weight is 317 g/mol. The number of carbonyl (C=O) groups excluding carboxylic acids is 2. The lowest BCUT2D eigenvalue weighted by Crippen LogP contribution is -2.43. The molecule has 1 aromatic rings. The highest BCUT2D eigenvalue weighted by Crippen LogP contribution is 2.29. The van der Waals surface area contributed by atoms with Crippen LogP contribution >= 0.6 is 0 Å². The van der Waals surface area contributed by atoms with Crippen LogP contribution in [0.2, 0.25) is 0 Å². The minimum absolute atomic E-state index is 0.0480. The molecule has 1 aromatic carbocycles. The molecule has 1 saturated heterocycles. The van der Waals surface area contributed by atoms with Gasteiger partial charge in [0.25, 0.3) is 0 Å². The number of urea groups is 1. The topological polar surface area (TPSA) is 61.9 Å². The summed E-state index contributed by atoms with van der Waals surface area (Å²) < 4.78 is 5.84. The van der Waals surface area contributed by atoms with Crippen LogP contribution in [-0.2, 0) is 4.79 Å². The van der Waals surface area contributed by atoms with E-state index in [9.17, 15) is 9.59 Å². The van der Waals surface area contributed by atoms with Gasteiger partial charge < -0.3 is 15.0 Å². The van der Waals surface area contributed by atoms with Crippen LogP contribution in [0.25, 0.3) is 0 Å². The fourth-order valence-corrected chi connectivity index (χ4v) is 2.70. The number of hydrogen-bond donors (Lipinski definition) is 1. The Hall–Kier alpha value is -2.24. The Labute approximate surface area is 136 Å². The number of hydrogen-bond acceptors (Lipinski definition) is 3. The maximum absolute atomic E-state index is 12.2. The lowest BCUT2D eigenvalue weighted by molar-refractivity contribution is -0.127. The lowest BCUT2D eigenvalue weighted by atomic mass is 10.2. The minimum Gasteiger partial charge on any atom is -0.489 e. The summed E-state index contributed by atoms with van der Waals surface area (Å²) in [5.74, 6) is 0.873. The van der Waals surface area contributed by atoms with E-state index in [0.717, 1.165) is 24.2 Å². The van der Waals surface area contributed by atoms with Crippen molar-refractivity contribution in [1.82, 2.24) is 15.1 Å². The molecule has 124 valence electrons. The van der Waals surface area contributed by atoms with Gasteiger partial charge in [0.15, 0.2) is 0 Å². The monoisotopic (exact) mass is 317 g/mol. The van der Waals surface area contributed by atoms with Gasteiger partial charge in [0, 0.05) is 6.04 Å². The number of nitrogens with one attached hydrogen (secondary N) is 1. The minimum atomic E-state index is -0.207. The van der Waals surface area contributed by atoms with Crippen molar-refractivity contribution in [1.29, 1.82) is 0 Å². The maximum Gasteiger partial charge on any atom is 0.319 e. The smallest absolute Gasteiger partial charge is 0.319 e. The van der Waals surface area contributed by atoms with Crippen LogP contribution in [-0.4, -0.2) is 53.6 Å². The summed E-state index contributed by atoms with van der Waals surface area (Å²) in [7, 11) is 0. The van der Waals surface area contributed by atoms with Crippen LogP contribution in [0.15, 0.2) is 24.3 Å². The molecule has 0 spiro atoms. The molecule has 1 aliphatic carbocycles. The second-order valence-electron chi connectivity index (χ2n) is 6.31. The van der Waals surface area contributed by atoms with Crippen molar-refractivity contribution in [2.45, 2.75) is 38.8 Å². The number of amides is 3. The first-order valence-electron chi connectivity index (χ1n) is 8.09. The second kappa shape index (κ2) is 6.48. The summed E-state index contributed by atoms with van der Waals surface area (Å²) in [6.07, 6.45) is 1.98. The van der Waals surface area contributed by atoms with Crippen LogP contribution in [0.4, 0.5) is 4.79 Å². The molecule has 1 N–H and O–H groups in total. The van der Waals surface area contributed by atoms with Crippen LogP contribution in [0, 0.1) is 6.92 Å². The Morgan fingerprint density at radius 3 is 2.83 bits per heavy atom. The Bertz CT molecular complexity index is 601. The summed E-state index contributed by atoms with van der Waals surface area (Å²) in [6, 6.07) is 7.94. The van der Waals surface area contributed by atoms with E-state index >= 15 is 0 Å². The van der Waals surface area contributed by atoms with Gasteiger partial charge in [0.2, 0.25) is 5.91 Å². The van der Waals surface area contributed by atoms with Crippen molar-refractivity contribution in [3.63, 3.8) is 0 Å². The van der Waals surface area contributed by atoms with Gasteiger partial charge in [-0.3, -0.25) is 9.69 Å². The van der Waals surface area contributed by atoms with Crippen molar-refractivity contribution >= 4 is 11.9 Å². The molecule has 2 fully saturated rings. The Kier molecular flexibility index (Phi) is 4.41. The van der Waals surface area contributed by atoms with Gasteiger partial charge in [0.1, 0.15) is 18.4 Å². The molecule has 0 bridgehead atoms. The summed E-state index contributed by atoms with van der Waals surface area (Å²) in [6.45, 7) is 4.89. The Morgan fingerprint density at radius 1 is 1.39 bits per heavy atom. The molecular weight excluding hydrogens is 294 g/mol. The number of para-hydroxylation sites is 1. The molecule has 1 aliphatic heterocycles. The molecule has 3 rings (SSSR count).